The molecular weight excluding hydrogens is 491 g/mol. The fourth-order valence-corrected chi connectivity index (χ4v) is 3.63. The van der Waals surface area contributed by atoms with Crippen LogP contribution in [0.3, 0.4) is 0 Å². The van der Waals surface area contributed by atoms with E-state index in [1.807, 2.05) is 24.3 Å². The Bertz CT molecular complexity index is 1460. The summed E-state index contributed by atoms with van der Waals surface area (Å²) >= 11 is 0. The van der Waals surface area contributed by atoms with Gasteiger partial charge in [0.1, 0.15) is 23.9 Å². The van der Waals surface area contributed by atoms with Crippen LogP contribution in [0.25, 0.3) is 11.4 Å². The number of carbonyl (C=O) groups is 1. The predicted molar refractivity (Wildman–Crippen MR) is 139 cm³/mol. The lowest BCUT2D eigenvalue weighted by molar-refractivity contribution is -0.121. The molecule has 10 heteroatoms. The summed E-state index contributed by atoms with van der Waals surface area (Å²) in [7, 11) is 3.13. The van der Waals surface area contributed by atoms with E-state index in [2.05, 4.69) is 20.5 Å². The smallest absolute Gasteiger partial charge is 0.273 e. The third-order valence-electron chi connectivity index (χ3n) is 5.72. The van der Waals surface area contributed by atoms with Crippen molar-refractivity contribution in [1.29, 1.82) is 0 Å². The molecule has 4 aromatic rings. The number of benzene rings is 3. The Morgan fingerprint density at radius 2 is 1.76 bits per heavy atom. The van der Waals surface area contributed by atoms with Gasteiger partial charge in [-0.3, -0.25) is 9.59 Å². The zero-order valence-corrected chi connectivity index (χ0v) is 21.0. The maximum Gasteiger partial charge on any atom is 0.273 e. The topological polar surface area (TPSA) is 115 Å². The van der Waals surface area contributed by atoms with Crippen molar-refractivity contribution in [1.82, 2.24) is 20.5 Å². The number of carbonyl (C=O) groups excluding carboxylic acids is 1. The lowest BCUT2D eigenvalue weighted by Gasteiger charge is -2.12. The number of amides is 1. The van der Waals surface area contributed by atoms with E-state index in [4.69, 9.17) is 14.2 Å². The van der Waals surface area contributed by atoms with Crippen LogP contribution in [0.4, 0.5) is 4.39 Å². The van der Waals surface area contributed by atoms with Crippen molar-refractivity contribution < 1.29 is 23.4 Å². The van der Waals surface area contributed by atoms with Crippen LogP contribution in [0.15, 0.2) is 71.5 Å². The van der Waals surface area contributed by atoms with Gasteiger partial charge in [-0.25, -0.2) is 4.39 Å². The van der Waals surface area contributed by atoms with Gasteiger partial charge in [0.2, 0.25) is 5.91 Å². The van der Waals surface area contributed by atoms with Gasteiger partial charge in [0.05, 0.1) is 14.2 Å². The first-order valence-electron chi connectivity index (χ1n) is 11.9. The molecule has 2 N–H and O–H groups in total. The minimum absolute atomic E-state index is 0.0610. The first kappa shape index (κ1) is 26.3. The number of aryl methyl sites for hydroxylation is 1. The largest absolute Gasteiger partial charge is 0.497 e. The van der Waals surface area contributed by atoms with Gasteiger partial charge in [0.15, 0.2) is 17.3 Å². The van der Waals surface area contributed by atoms with Crippen molar-refractivity contribution >= 4 is 5.91 Å². The molecule has 0 saturated carbocycles. The van der Waals surface area contributed by atoms with Crippen molar-refractivity contribution in [3.05, 3.63) is 99.7 Å². The minimum atomic E-state index is -0.432. The molecule has 0 radical (unpaired) electrons. The zero-order valence-electron chi connectivity index (χ0n) is 21.0. The maximum absolute atomic E-state index is 13.0. The number of H-pyrrole nitrogens is 1. The average molecular weight is 519 g/mol. The predicted octanol–water partition coefficient (Wildman–Crippen LogP) is 3.82. The minimum Gasteiger partial charge on any atom is -0.497 e. The highest BCUT2D eigenvalue weighted by atomic mass is 19.1. The summed E-state index contributed by atoms with van der Waals surface area (Å²) in [6, 6.07) is 18.6. The van der Waals surface area contributed by atoms with Gasteiger partial charge in [-0.1, -0.05) is 24.3 Å². The van der Waals surface area contributed by atoms with Gasteiger partial charge in [0.25, 0.3) is 5.56 Å². The van der Waals surface area contributed by atoms with Crippen LogP contribution in [0.5, 0.6) is 17.2 Å². The molecule has 0 spiro atoms. The average Bonchev–Trinajstić information content (AvgIpc) is 2.95. The summed E-state index contributed by atoms with van der Waals surface area (Å²) in [6.45, 7) is 0.580. The van der Waals surface area contributed by atoms with Gasteiger partial charge >= 0.3 is 0 Å². The van der Waals surface area contributed by atoms with Gasteiger partial charge in [-0.2, -0.15) is 0 Å². The Labute approximate surface area is 218 Å². The molecule has 0 atom stereocenters. The van der Waals surface area contributed by atoms with Crippen LogP contribution in [-0.4, -0.2) is 35.3 Å². The van der Waals surface area contributed by atoms with E-state index >= 15 is 0 Å². The molecule has 1 aromatic heterocycles. The van der Waals surface area contributed by atoms with Crippen LogP contribution >= 0.6 is 0 Å². The van der Waals surface area contributed by atoms with Crippen molar-refractivity contribution in [2.24, 2.45) is 0 Å². The molecule has 0 unspecified atom stereocenters. The number of methoxy groups -OCH3 is 2. The second kappa shape index (κ2) is 12.5. The number of nitrogens with zero attached hydrogens (tertiary/aromatic N) is 2. The third kappa shape index (κ3) is 6.94. The quantitative estimate of drug-likeness (QED) is 0.310. The van der Waals surface area contributed by atoms with E-state index in [0.29, 0.717) is 23.7 Å². The van der Waals surface area contributed by atoms with E-state index in [0.717, 1.165) is 16.9 Å². The van der Waals surface area contributed by atoms with Gasteiger partial charge in [0, 0.05) is 24.9 Å². The standard InChI is InChI=1S/C28H27FN4O5/c1-36-22-5-3-4-19(14-22)17-38-24-12-8-20(15-25(24)37-2)27-31-28(35)23(32-33-27)11-13-26(34)30-16-18-6-9-21(29)10-7-18/h3-10,12,14-15H,11,13,16-17H2,1-2H3,(H,30,34)(H,31,33,35). The number of rotatable bonds is 11. The number of aromatic nitrogens is 3. The highest BCUT2D eigenvalue weighted by Crippen LogP contribution is 2.32. The van der Waals surface area contributed by atoms with E-state index < -0.39 is 5.56 Å². The van der Waals surface area contributed by atoms with Crippen molar-refractivity contribution in [3.63, 3.8) is 0 Å². The number of aromatic amines is 1. The lowest BCUT2D eigenvalue weighted by Crippen LogP contribution is -2.25. The molecule has 0 bridgehead atoms. The molecule has 0 saturated heterocycles. The molecule has 3 aromatic carbocycles. The monoisotopic (exact) mass is 518 g/mol. The van der Waals surface area contributed by atoms with Crippen LogP contribution < -0.4 is 25.1 Å². The second-order valence-corrected chi connectivity index (χ2v) is 8.36. The number of hydrogen-bond acceptors (Lipinski definition) is 7. The van der Waals surface area contributed by atoms with E-state index in [1.165, 1.54) is 19.2 Å². The van der Waals surface area contributed by atoms with Crippen molar-refractivity contribution in [2.45, 2.75) is 26.0 Å². The Balaban J connectivity index is 1.36. The molecule has 0 aliphatic rings. The summed E-state index contributed by atoms with van der Waals surface area (Å²) in [4.78, 5) is 27.4. The molecule has 4 rings (SSSR count). The van der Waals surface area contributed by atoms with Crippen molar-refractivity contribution in [2.75, 3.05) is 14.2 Å². The summed E-state index contributed by atoms with van der Waals surface area (Å²) in [5, 5.41) is 10.9. The van der Waals surface area contributed by atoms with Gasteiger partial charge in [-0.05, 0) is 53.6 Å². The zero-order chi connectivity index (χ0) is 26.9. The summed E-state index contributed by atoms with van der Waals surface area (Å²) in [5.41, 5.74) is 2.01. The van der Waals surface area contributed by atoms with Gasteiger partial charge < -0.3 is 24.5 Å². The van der Waals surface area contributed by atoms with Crippen LogP contribution in [0, 0.1) is 5.82 Å². The summed E-state index contributed by atoms with van der Waals surface area (Å²) < 4.78 is 29.6. The molecular formula is C28H27FN4O5. The number of hydrogen-bond donors (Lipinski definition) is 2. The number of nitrogens with one attached hydrogen (secondary N) is 2. The first-order chi connectivity index (χ1) is 18.4. The highest BCUT2D eigenvalue weighted by molar-refractivity contribution is 5.76. The van der Waals surface area contributed by atoms with Crippen LogP contribution in [-0.2, 0) is 24.4 Å². The van der Waals surface area contributed by atoms with E-state index in [-0.39, 0.29) is 42.6 Å². The molecule has 0 fully saturated rings. The number of halogens is 1. The van der Waals surface area contributed by atoms with E-state index in [9.17, 15) is 14.0 Å². The molecule has 0 aliphatic heterocycles. The van der Waals surface area contributed by atoms with Crippen LogP contribution in [0.2, 0.25) is 0 Å². The fourth-order valence-electron chi connectivity index (χ4n) is 3.63. The molecule has 1 amide bonds. The lowest BCUT2D eigenvalue weighted by atomic mass is 10.1. The molecule has 0 aliphatic carbocycles. The summed E-state index contributed by atoms with van der Waals surface area (Å²) in [6.07, 6.45) is 0.184. The van der Waals surface area contributed by atoms with Crippen molar-refractivity contribution in [3.8, 4) is 28.6 Å². The fraction of sp³-hybridized carbons (Fsp3) is 0.214. The molecule has 1 heterocycles. The third-order valence-corrected chi connectivity index (χ3v) is 5.72. The van der Waals surface area contributed by atoms with Gasteiger partial charge in [-0.15, -0.1) is 10.2 Å². The molecule has 38 heavy (non-hydrogen) atoms. The molecule has 196 valence electrons. The summed E-state index contributed by atoms with van der Waals surface area (Å²) in [5.74, 6) is 1.40. The Kier molecular flexibility index (Phi) is 8.65. The normalized spacial score (nSPS) is 10.6. The molecule has 9 nitrogen and oxygen atoms in total. The Morgan fingerprint density at radius 3 is 2.50 bits per heavy atom. The first-order valence-corrected chi connectivity index (χ1v) is 11.9. The Morgan fingerprint density at radius 1 is 0.947 bits per heavy atom. The van der Waals surface area contributed by atoms with E-state index in [1.54, 1.807) is 37.4 Å². The SMILES string of the molecule is COc1cccc(COc2ccc(-c3nnc(CCC(=O)NCc4ccc(F)cc4)c(=O)[nH]3)cc2OC)c1. The van der Waals surface area contributed by atoms with Crippen LogP contribution in [0.1, 0.15) is 23.2 Å². The second-order valence-electron chi connectivity index (χ2n) is 8.36. The number of ether oxygens (including phenoxy) is 3. The highest BCUT2D eigenvalue weighted by Gasteiger charge is 2.13. The maximum atomic E-state index is 13.0. The Hall–Kier alpha value is -4.73.